The van der Waals surface area contributed by atoms with Crippen molar-refractivity contribution in [3.8, 4) is 11.1 Å². The number of hydrogen-bond donors (Lipinski definition) is 0. The van der Waals surface area contributed by atoms with E-state index in [1.54, 1.807) is 0 Å². The van der Waals surface area contributed by atoms with Gasteiger partial charge in [0, 0.05) is 42.4 Å². The molecule has 1 aliphatic rings. The fourth-order valence-electron chi connectivity index (χ4n) is 4.55. The number of ether oxygens (including phenoxy) is 1. The quantitative estimate of drug-likeness (QED) is 0.452. The summed E-state index contributed by atoms with van der Waals surface area (Å²) >= 11 is 0. The molecule has 4 heteroatoms. The highest BCUT2D eigenvalue weighted by atomic mass is 16.5. The van der Waals surface area contributed by atoms with Crippen molar-refractivity contribution in [2.75, 3.05) is 26.3 Å². The van der Waals surface area contributed by atoms with Crippen molar-refractivity contribution >= 4 is 16.7 Å². The number of carbonyl (C=O) groups excluding carboxylic acids is 1. The van der Waals surface area contributed by atoms with E-state index in [2.05, 4.69) is 23.2 Å². The van der Waals surface area contributed by atoms with Crippen LogP contribution in [0.4, 0.5) is 0 Å². The van der Waals surface area contributed by atoms with Gasteiger partial charge in [0.2, 0.25) is 0 Å². The van der Waals surface area contributed by atoms with Crippen LogP contribution < -0.4 is 0 Å². The molecule has 1 atom stereocenters. The summed E-state index contributed by atoms with van der Waals surface area (Å²) in [5.74, 6) is 0.286. The smallest absolute Gasteiger partial charge is 0.254 e. The number of rotatable bonds is 4. The molecule has 1 aromatic heterocycles. The van der Waals surface area contributed by atoms with Crippen LogP contribution in [-0.4, -0.2) is 42.1 Å². The molecule has 5 rings (SSSR count). The van der Waals surface area contributed by atoms with Crippen molar-refractivity contribution in [2.45, 2.75) is 6.42 Å². The number of benzene rings is 3. The van der Waals surface area contributed by atoms with Crippen LogP contribution in [0, 0.1) is 5.92 Å². The summed E-state index contributed by atoms with van der Waals surface area (Å²) in [6.07, 6.45) is 4.68. The van der Waals surface area contributed by atoms with E-state index in [1.165, 1.54) is 10.9 Å². The third-order valence-corrected chi connectivity index (χ3v) is 6.13. The molecule has 3 aromatic carbocycles. The summed E-state index contributed by atoms with van der Waals surface area (Å²) in [6, 6.07) is 26.3. The summed E-state index contributed by atoms with van der Waals surface area (Å²) < 4.78 is 5.91. The standard InChI is InChI=1S/C28H26N2O2/c31-28(27-13-7-6-12-26(27)22-8-2-1-3-9-22)30-14-15-32-20-21(19-30)16-24-18-29-17-23-10-4-5-11-25(23)24/h1-13,17-18,21H,14-16,19-20H2. The Morgan fingerprint density at radius 2 is 1.72 bits per heavy atom. The van der Waals surface area contributed by atoms with Gasteiger partial charge >= 0.3 is 0 Å². The average molecular weight is 423 g/mol. The number of hydrogen-bond acceptors (Lipinski definition) is 3. The van der Waals surface area contributed by atoms with E-state index >= 15 is 0 Å². The van der Waals surface area contributed by atoms with Crippen LogP contribution in [0.15, 0.2) is 91.3 Å². The number of aromatic nitrogens is 1. The van der Waals surface area contributed by atoms with Gasteiger partial charge in [-0.15, -0.1) is 0 Å². The second-order valence-corrected chi connectivity index (χ2v) is 8.33. The molecule has 1 fully saturated rings. The lowest BCUT2D eigenvalue weighted by Gasteiger charge is -2.25. The molecule has 4 aromatic rings. The maximum Gasteiger partial charge on any atom is 0.254 e. The molecule has 0 radical (unpaired) electrons. The zero-order valence-electron chi connectivity index (χ0n) is 18.0. The van der Waals surface area contributed by atoms with E-state index in [-0.39, 0.29) is 11.8 Å². The Morgan fingerprint density at radius 1 is 0.938 bits per heavy atom. The van der Waals surface area contributed by atoms with Gasteiger partial charge in [-0.25, -0.2) is 0 Å². The van der Waals surface area contributed by atoms with Crippen molar-refractivity contribution in [1.82, 2.24) is 9.88 Å². The molecule has 0 bridgehead atoms. The monoisotopic (exact) mass is 422 g/mol. The summed E-state index contributed by atoms with van der Waals surface area (Å²) in [7, 11) is 0. The van der Waals surface area contributed by atoms with Crippen molar-refractivity contribution < 1.29 is 9.53 Å². The second kappa shape index (κ2) is 9.33. The van der Waals surface area contributed by atoms with Crippen LogP contribution in [0.25, 0.3) is 21.9 Å². The third-order valence-electron chi connectivity index (χ3n) is 6.13. The average Bonchev–Trinajstić information content (AvgIpc) is 3.10. The Kier molecular flexibility index (Phi) is 5.95. The van der Waals surface area contributed by atoms with Gasteiger partial charge in [-0.05, 0) is 34.6 Å². The molecule has 0 N–H and O–H groups in total. The van der Waals surface area contributed by atoms with Gasteiger partial charge in [-0.3, -0.25) is 9.78 Å². The first-order valence-corrected chi connectivity index (χ1v) is 11.1. The van der Waals surface area contributed by atoms with Crippen LogP contribution in [0.5, 0.6) is 0 Å². The molecule has 4 nitrogen and oxygen atoms in total. The van der Waals surface area contributed by atoms with Gasteiger partial charge < -0.3 is 9.64 Å². The third kappa shape index (κ3) is 4.27. The predicted octanol–water partition coefficient (Wildman–Crippen LogP) is 5.23. The summed E-state index contributed by atoms with van der Waals surface area (Å²) in [6.45, 7) is 2.48. The van der Waals surface area contributed by atoms with Gasteiger partial charge in [0.05, 0.1) is 13.2 Å². The molecule has 1 saturated heterocycles. The van der Waals surface area contributed by atoms with Gasteiger partial charge in [-0.1, -0.05) is 72.8 Å². The van der Waals surface area contributed by atoms with E-state index in [0.717, 1.165) is 28.5 Å². The number of fused-ring (bicyclic) bond motifs is 1. The number of nitrogens with zero attached hydrogens (tertiary/aromatic N) is 2. The van der Waals surface area contributed by atoms with Crippen LogP contribution in [0.1, 0.15) is 15.9 Å². The van der Waals surface area contributed by atoms with E-state index in [0.29, 0.717) is 26.3 Å². The molecular formula is C28H26N2O2. The molecule has 0 aliphatic carbocycles. The fraction of sp³-hybridized carbons (Fsp3) is 0.214. The zero-order valence-corrected chi connectivity index (χ0v) is 18.0. The number of amides is 1. The maximum absolute atomic E-state index is 13.6. The molecule has 32 heavy (non-hydrogen) atoms. The Bertz CT molecular complexity index is 1220. The lowest BCUT2D eigenvalue weighted by molar-refractivity contribution is 0.0738. The topological polar surface area (TPSA) is 42.4 Å². The molecule has 1 amide bonds. The van der Waals surface area contributed by atoms with Crippen LogP contribution in [0.3, 0.4) is 0 Å². The maximum atomic E-state index is 13.6. The first-order chi connectivity index (χ1) is 15.8. The minimum Gasteiger partial charge on any atom is -0.379 e. The normalized spacial score (nSPS) is 16.6. The summed E-state index contributed by atoms with van der Waals surface area (Å²) in [5, 5.41) is 2.36. The lowest BCUT2D eigenvalue weighted by Crippen LogP contribution is -2.36. The lowest BCUT2D eigenvalue weighted by atomic mass is 9.96. The van der Waals surface area contributed by atoms with E-state index in [4.69, 9.17) is 4.74 Å². The van der Waals surface area contributed by atoms with Gasteiger partial charge in [0.25, 0.3) is 5.91 Å². The van der Waals surface area contributed by atoms with Gasteiger partial charge in [-0.2, -0.15) is 0 Å². The van der Waals surface area contributed by atoms with E-state index in [1.807, 2.05) is 78.0 Å². The first-order valence-electron chi connectivity index (χ1n) is 11.1. The van der Waals surface area contributed by atoms with E-state index in [9.17, 15) is 4.79 Å². The number of pyridine rings is 1. The van der Waals surface area contributed by atoms with E-state index < -0.39 is 0 Å². The number of carbonyl (C=O) groups is 1. The van der Waals surface area contributed by atoms with Crippen LogP contribution >= 0.6 is 0 Å². The van der Waals surface area contributed by atoms with Crippen LogP contribution in [0.2, 0.25) is 0 Å². The van der Waals surface area contributed by atoms with Gasteiger partial charge in [0.15, 0.2) is 0 Å². The Morgan fingerprint density at radius 3 is 2.62 bits per heavy atom. The molecule has 2 heterocycles. The van der Waals surface area contributed by atoms with Crippen molar-refractivity contribution in [3.63, 3.8) is 0 Å². The second-order valence-electron chi connectivity index (χ2n) is 8.33. The van der Waals surface area contributed by atoms with Crippen molar-refractivity contribution in [1.29, 1.82) is 0 Å². The molecular weight excluding hydrogens is 396 g/mol. The first kappa shape index (κ1) is 20.4. The van der Waals surface area contributed by atoms with Gasteiger partial charge in [0.1, 0.15) is 0 Å². The SMILES string of the molecule is O=C(c1ccccc1-c1ccccc1)N1CCOCC(Cc2cncc3ccccc23)C1. The van der Waals surface area contributed by atoms with Crippen LogP contribution in [-0.2, 0) is 11.2 Å². The molecule has 1 aliphatic heterocycles. The Labute approximate surface area is 188 Å². The highest BCUT2D eigenvalue weighted by molar-refractivity contribution is 6.01. The Hall–Kier alpha value is -3.50. The summed E-state index contributed by atoms with van der Waals surface area (Å²) in [5.41, 5.74) is 3.97. The molecule has 0 saturated carbocycles. The summed E-state index contributed by atoms with van der Waals surface area (Å²) in [4.78, 5) is 20.0. The Balaban J connectivity index is 1.40. The predicted molar refractivity (Wildman–Crippen MR) is 128 cm³/mol. The molecule has 1 unspecified atom stereocenters. The zero-order chi connectivity index (χ0) is 21.8. The largest absolute Gasteiger partial charge is 0.379 e. The highest BCUT2D eigenvalue weighted by Crippen LogP contribution is 2.26. The highest BCUT2D eigenvalue weighted by Gasteiger charge is 2.25. The molecule has 160 valence electrons. The minimum absolute atomic E-state index is 0.0657. The molecule has 0 spiro atoms. The minimum atomic E-state index is 0.0657. The van der Waals surface area contributed by atoms with Crippen molar-refractivity contribution in [3.05, 3.63) is 102 Å². The van der Waals surface area contributed by atoms with Crippen molar-refractivity contribution in [2.24, 2.45) is 5.92 Å². The fourth-order valence-corrected chi connectivity index (χ4v) is 4.55.